The molecule has 78 valence electrons. The van der Waals surface area contributed by atoms with E-state index in [2.05, 4.69) is 17.1 Å². The summed E-state index contributed by atoms with van der Waals surface area (Å²) in [5.74, 6) is 0. The standard InChI is InChI=1S/C10H22N2O/c1-8(9(2)13)12-6-4-5-10(12)7-11-3/h8-11,13H,4-7H2,1-3H3. The molecule has 3 unspecified atom stereocenters. The van der Waals surface area contributed by atoms with E-state index in [0.29, 0.717) is 12.1 Å². The molecule has 0 bridgehead atoms. The zero-order valence-corrected chi connectivity index (χ0v) is 8.95. The van der Waals surface area contributed by atoms with Crippen molar-refractivity contribution >= 4 is 0 Å². The van der Waals surface area contributed by atoms with Gasteiger partial charge in [0.15, 0.2) is 0 Å². The first-order chi connectivity index (χ1) is 6.16. The second-order valence-corrected chi connectivity index (χ2v) is 4.07. The molecule has 0 aromatic rings. The molecule has 3 heteroatoms. The number of aliphatic hydroxyl groups excluding tert-OH is 1. The summed E-state index contributed by atoms with van der Waals surface area (Å²) < 4.78 is 0. The van der Waals surface area contributed by atoms with Crippen molar-refractivity contribution in [3.63, 3.8) is 0 Å². The van der Waals surface area contributed by atoms with Gasteiger partial charge in [-0.3, -0.25) is 4.90 Å². The first-order valence-corrected chi connectivity index (χ1v) is 5.25. The van der Waals surface area contributed by atoms with Gasteiger partial charge in [-0.05, 0) is 40.3 Å². The number of nitrogens with zero attached hydrogens (tertiary/aromatic N) is 1. The van der Waals surface area contributed by atoms with E-state index in [4.69, 9.17) is 0 Å². The molecule has 0 aromatic heterocycles. The Bertz CT molecular complexity index is 150. The van der Waals surface area contributed by atoms with E-state index in [0.717, 1.165) is 13.1 Å². The quantitative estimate of drug-likeness (QED) is 0.669. The number of nitrogens with one attached hydrogen (secondary N) is 1. The molecule has 0 amide bonds. The SMILES string of the molecule is CNCC1CCCN1C(C)C(C)O. The van der Waals surface area contributed by atoms with Gasteiger partial charge in [0.2, 0.25) is 0 Å². The molecule has 0 aliphatic carbocycles. The van der Waals surface area contributed by atoms with Gasteiger partial charge in [-0.15, -0.1) is 0 Å². The van der Waals surface area contributed by atoms with Gasteiger partial charge in [-0.1, -0.05) is 0 Å². The Morgan fingerprint density at radius 3 is 2.77 bits per heavy atom. The van der Waals surface area contributed by atoms with Gasteiger partial charge in [0.25, 0.3) is 0 Å². The summed E-state index contributed by atoms with van der Waals surface area (Å²) in [4.78, 5) is 2.42. The van der Waals surface area contributed by atoms with Crippen molar-refractivity contribution in [1.29, 1.82) is 0 Å². The van der Waals surface area contributed by atoms with Crippen LogP contribution in [0.3, 0.4) is 0 Å². The van der Waals surface area contributed by atoms with Crippen molar-refractivity contribution in [3.8, 4) is 0 Å². The lowest BCUT2D eigenvalue weighted by Crippen LogP contribution is -2.46. The summed E-state index contributed by atoms with van der Waals surface area (Å²) >= 11 is 0. The van der Waals surface area contributed by atoms with Crippen molar-refractivity contribution in [3.05, 3.63) is 0 Å². The Kier molecular flexibility index (Phi) is 4.16. The van der Waals surface area contributed by atoms with E-state index in [9.17, 15) is 5.11 Å². The molecule has 1 rings (SSSR count). The average molecular weight is 186 g/mol. The van der Waals surface area contributed by atoms with E-state index in [1.165, 1.54) is 12.8 Å². The van der Waals surface area contributed by atoms with Crippen LogP contribution in [0.1, 0.15) is 26.7 Å². The summed E-state index contributed by atoms with van der Waals surface area (Å²) in [6.45, 7) is 6.16. The molecule has 13 heavy (non-hydrogen) atoms. The van der Waals surface area contributed by atoms with E-state index >= 15 is 0 Å². The van der Waals surface area contributed by atoms with Crippen LogP contribution in [0.4, 0.5) is 0 Å². The maximum absolute atomic E-state index is 9.51. The fraction of sp³-hybridized carbons (Fsp3) is 1.00. The third-order valence-corrected chi connectivity index (χ3v) is 3.08. The van der Waals surface area contributed by atoms with Crippen LogP contribution in [0.5, 0.6) is 0 Å². The maximum atomic E-state index is 9.51. The van der Waals surface area contributed by atoms with Crippen LogP contribution in [0.25, 0.3) is 0 Å². The summed E-state index contributed by atoms with van der Waals surface area (Å²) in [7, 11) is 1.99. The molecule has 1 aliphatic rings. The fourth-order valence-electron chi connectivity index (χ4n) is 2.13. The Labute approximate surface area is 81.1 Å². The van der Waals surface area contributed by atoms with E-state index < -0.39 is 0 Å². The van der Waals surface area contributed by atoms with E-state index in [1.54, 1.807) is 0 Å². The Hall–Kier alpha value is -0.120. The van der Waals surface area contributed by atoms with Crippen LogP contribution >= 0.6 is 0 Å². The summed E-state index contributed by atoms with van der Waals surface area (Å²) in [6, 6.07) is 0.912. The minimum absolute atomic E-state index is 0.225. The molecular weight excluding hydrogens is 164 g/mol. The van der Waals surface area contributed by atoms with Crippen molar-refractivity contribution in [2.45, 2.75) is 44.9 Å². The third kappa shape index (κ3) is 2.66. The highest BCUT2D eigenvalue weighted by Crippen LogP contribution is 2.20. The van der Waals surface area contributed by atoms with Crippen molar-refractivity contribution in [2.24, 2.45) is 0 Å². The summed E-state index contributed by atoms with van der Waals surface area (Å²) in [5.41, 5.74) is 0. The van der Waals surface area contributed by atoms with Crippen LogP contribution in [0, 0.1) is 0 Å². The average Bonchev–Trinajstić information content (AvgIpc) is 2.52. The molecule has 2 N–H and O–H groups in total. The second kappa shape index (κ2) is 4.94. The second-order valence-electron chi connectivity index (χ2n) is 4.07. The molecule has 1 fully saturated rings. The number of aliphatic hydroxyl groups is 1. The molecule has 3 nitrogen and oxygen atoms in total. The van der Waals surface area contributed by atoms with Gasteiger partial charge in [0, 0.05) is 18.6 Å². The highest BCUT2D eigenvalue weighted by Gasteiger charge is 2.29. The van der Waals surface area contributed by atoms with Crippen LogP contribution in [-0.2, 0) is 0 Å². The highest BCUT2D eigenvalue weighted by atomic mass is 16.3. The fourth-order valence-corrected chi connectivity index (χ4v) is 2.13. The van der Waals surface area contributed by atoms with Crippen LogP contribution < -0.4 is 5.32 Å². The van der Waals surface area contributed by atoms with Crippen LogP contribution in [0.2, 0.25) is 0 Å². The normalized spacial score (nSPS) is 29.1. The van der Waals surface area contributed by atoms with Gasteiger partial charge in [0.05, 0.1) is 6.10 Å². The Balaban J connectivity index is 2.47. The van der Waals surface area contributed by atoms with Gasteiger partial charge in [0.1, 0.15) is 0 Å². The lowest BCUT2D eigenvalue weighted by molar-refractivity contribution is 0.0633. The number of likely N-dealkylation sites (N-methyl/N-ethyl adjacent to an activating group) is 1. The molecule has 1 saturated heterocycles. The van der Waals surface area contributed by atoms with Gasteiger partial charge < -0.3 is 10.4 Å². The molecule has 0 radical (unpaired) electrons. The molecule has 1 heterocycles. The summed E-state index contributed by atoms with van der Waals surface area (Å²) in [5, 5.41) is 12.7. The van der Waals surface area contributed by atoms with Crippen LogP contribution in [-0.4, -0.2) is 48.3 Å². The largest absolute Gasteiger partial charge is 0.392 e. The molecular formula is C10H22N2O. The highest BCUT2D eigenvalue weighted by molar-refractivity contribution is 4.85. The first-order valence-electron chi connectivity index (χ1n) is 5.25. The van der Waals surface area contributed by atoms with Crippen molar-refractivity contribution in [2.75, 3.05) is 20.1 Å². The predicted molar refractivity (Wildman–Crippen MR) is 54.8 cm³/mol. The predicted octanol–water partition coefficient (Wildman–Crippen LogP) is 0.439. The minimum Gasteiger partial charge on any atom is -0.392 e. The Morgan fingerprint density at radius 2 is 2.23 bits per heavy atom. The van der Waals surface area contributed by atoms with Crippen LogP contribution in [0.15, 0.2) is 0 Å². The van der Waals surface area contributed by atoms with Gasteiger partial charge in [-0.25, -0.2) is 0 Å². The third-order valence-electron chi connectivity index (χ3n) is 3.08. The Morgan fingerprint density at radius 1 is 1.54 bits per heavy atom. The number of hydrogen-bond donors (Lipinski definition) is 2. The number of likely N-dealkylation sites (tertiary alicyclic amines) is 1. The van der Waals surface area contributed by atoms with E-state index in [-0.39, 0.29) is 6.10 Å². The lowest BCUT2D eigenvalue weighted by atomic mass is 10.1. The zero-order chi connectivity index (χ0) is 9.84. The smallest absolute Gasteiger partial charge is 0.0664 e. The molecule has 1 aliphatic heterocycles. The number of hydrogen-bond acceptors (Lipinski definition) is 3. The minimum atomic E-state index is -0.225. The molecule has 0 saturated carbocycles. The van der Waals surface area contributed by atoms with Gasteiger partial charge >= 0.3 is 0 Å². The molecule has 3 atom stereocenters. The van der Waals surface area contributed by atoms with E-state index in [1.807, 2.05) is 14.0 Å². The molecule has 0 spiro atoms. The molecule has 0 aromatic carbocycles. The number of rotatable bonds is 4. The monoisotopic (exact) mass is 186 g/mol. The summed E-state index contributed by atoms with van der Waals surface area (Å²) in [6.07, 6.45) is 2.30. The topological polar surface area (TPSA) is 35.5 Å². The zero-order valence-electron chi connectivity index (χ0n) is 8.95. The van der Waals surface area contributed by atoms with Crippen molar-refractivity contribution in [1.82, 2.24) is 10.2 Å². The maximum Gasteiger partial charge on any atom is 0.0664 e. The van der Waals surface area contributed by atoms with Crippen molar-refractivity contribution < 1.29 is 5.11 Å². The van der Waals surface area contributed by atoms with Gasteiger partial charge in [-0.2, -0.15) is 0 Å². The lowest BCUT2D eigenvalue weighted by Gasteiger charge is -2.32. The first kappa shape index (κ1) is 11.0.